The maximum absolute atomic E-state index is 4.53. The highest BCUT2D eigenvalue weighted by Crippen LogP contribution is 2.17. The second kappa shape index (κ2) is 6.26. The minimum absolute atomic E-state index is 0.565. The number of imidazole rings is 1. The average Bonchev–Trinajstić information content (AvgIpc) is 2.95. The number of anilines is 1. The van der Waals surface area contributed by atoms with Gasteiger partial charge in [-0.25, -0.2) is 9.97 Å². The third-order valence-electron chi connectivity index (χ3n) is 4.23. The molecular weight excluding hydrogens is 262 g/mol. The van der Waals surface area contributed by atoms with Gasteiger partial charge in [-0.05, 0) is 38.4 Å². The number of hydrogen-bond acceptors (Lipinski definition) is 4. The number of hydrogen-bond donors (Lipinski definition) is 1. The Labute approximate surface area is 126 Å². The number of likely N-dealkylation sites (tertiary alicyclic amines) is 1. The molecule has 5 heteroatoms. The number of nitrogens with one attached hydrogen (secondary N) is 1. The lowest BCUT2D eigenvalue weighted by Gasteiger charge is -2.31. The molecule has 2 aromatic rings. The molecule has 0 saturated carbocycles. The van der Waals surface area contributed by atoms with Gasteiger partial charge in [0, 0.05) is 31.5 Å². The lowest BCUT2D eigenvalue weighted by atomic mass is 10.0. The summed E-state index contributed by atoms with van der Waals surface area (Å²) in [6.45, 7) is 7.75. The van der Waals surface area contributed by atoms with E-state index < -0.39 is 0 Å². The minimum atomic E-state index is 0.565. The second-order valence-electron chi connectivity index (χ2n) is 5.60. The molecule has 0 bridgehead atoms. The number of aryl methyl sites for hydroxylation is 1. The standard InChI is InChI=1S/C16H23N5/c1-3-20-9-6-14(7-10-20)19-15-4-5-16(18-12-15)21-11-8-17-13(21)2/h4-5,8,11-12,14,19H,3,6-7,9-10H2,1-2H3. The molecule has 0 spiro atoms. The molecule has 5 nitrogen and oxygen atoms in total. The molecule has 21 heavy (non-hydrogen) atoms. The van der Waals surface area contributed by atoms with Crippen molar-refractivity contribution in [2.24, 2.45) is 0 Å². The maximum atomic E-state index is 4.53. The normalized spacial score (nSPS) is 17.0. The van der Waals surface area contributed by atoms with E-state index in [9.17, 15) is 0 Å². The van der Waals surface area contributed by atoms with Crippen molar-refractivity contribution in [2.45, 2.75) is 32.7 Å². The van der Waals surface area contributed by atoms with Gasteiger partial charge in [-0.3, -0.25) is 4.57 Å². The van der Waals surface area contributed by atoms with E-state index in [1.807, 2.05) is 30.0 Å². The summed E-state index contributed by atoms with van der Waals surface area (Å²) in [5.41, 5.74) is 1.10. The fraction of sp³-hybridized carbons (Fsp3) is 0.500. The second-order valence-corrected chi connectivity index (χ2v) is 5.60. The van der Waals surface area contributed by atoms with Crippen LogP contribution in [0.3, 0.4) is 0 Å². The SMILES string of the molecule is CCN1CCC(Nc2ccc(-n3ccnc3C)nc2)CC1. The van der Waals surface area contributed by atoms with Crippen LogP contribution in [0.15, 0.2) is 30.7 Å². The number of rotatable bonds is 4. The number of piperidine rings is 1. The first-order valence-electron chi connectivity index (χ1n) is 7.71. The van der Waals surface area contributed by atoms with Gasteiger partial charge < -0.3 is 10.2 Å². The highest BCUT2D eigenvalue weighted by molar-refractivity contribution is 5.44. The van der Waals surface area contributed by atoms with E-state index in [1.165, 1.54) is 25.9 Å². The smallest absolute Gasteiger partial charge is 0.138 e. The van der Waals surface area contributed by atoms with Crippen molar-refractivity contribution in [1.29, 1.82) is 0 Å². The van der Waals surface area contributed by atoms with E-state index in [0.29, 0.717) is 6.04 Å². The van der Waals surface area contributed by atoms with Crippen molar-refractivity contribution in [2.75, 3.05) is 25.0 Å². The predicted octanol–water partition coefficient (Wildman–Crippen LogP) is 2.47. The topological polar surface area (TPSA) is 46.0 Å². The quantitative estimate of drug-likeness (QED) is 0.937. The first-order valence-corrected chi connectivity index (χ1v) is 7.71. The van der Waals surface area contributed by atoms with Gasteiger partial charge in [0.25, 0.3) is 0 Å². The molecule has 3 rings (SSSR count). The van der Waals surface area contributed by atoms with Crippen LogP contribution in [0.4, 0.5) is 5.69 Å². The summed E-state index contributed by atoms with van der Waals surface area (Å²) in [6.07, 6.45) is 8.06. The molecule has 1 fully saturated rings. The molecule has 1 aliphatic rings. The monoisotopic (exact) mass is 285 g/mol. The average molecular weight is 285 g/mol. The van der Waals surface area contributed by atoms with Crippen LogP contribution in [-0.2, 0) is 0 Å². The van der Waals surface area contributed by atoms with Gasteiger partial charge >= 0.3 is 0 Å². The molecule has 0 radical (unpaired) electrons. The molecule has 0 aliphatic carbocycles. The van der Waals surface area contributed by atoms with Crippen LogP contribution in [0.25, 0.3) is 5.82 Å². The molecule has 0 amide bonds. The summed E-state index contributed by atoms with van der Waals surface area (Å²) in [4.78, 5) is 11.3. The molecular formula is C16H23N5. The maximum Gasteiger partial charge on any atom is 0.138 e. The summed E-state index contributed by atoms with van der Waals surface area (Å²) < 4.78 is 1.99. The summed E-state index contributed by atoms with van der Waals surface area (Å²) in [5.74, 6) is 1.87. The van der Waals surface area contributed by atoms with Gasteiger partial charge in [0.1, 0.15) is 11.6 Å². The molecule has 2 aromatic heterocycles. The molecule has 1 N–H and O–H groups in total. The Morgan fingerprint density at radius 2 is 2.05 bits per heavy atom. The molecule has 112 valence electrons. The third kappa shape index (κ3) is 3.24. The van der Waals surface area contributed by atoms with E-state index in [2.05, 4.69) is 33.2 Å². The largest absolute Gasteiger partial charge is 0.381 e. The van der Waals surface area contributed by atoms with E-state index in [4.69, 9.17) is 0 Å². The fourth-order valence-electron chi connectivity index (χ4n) is 2.86. The Hall–Kier alpha value is -1.88. The first kappa shape index (κ1) is 14.1. The van der Waals surface area contributed by atoms with Gasteiger partial charge in [0.2, 0.25) is 0 Å². The zero-order valence-corrected chi connectivity index (χ0v) is 12.8. The van der Waals surface area contributed by atoms with Gasteiger partial charge in [-0.2, -0.15) is 0 Å². The van der Waals surface area contributed by atoms with Crippen LogP contribution in [0.1, 0.15) is 25.6 Å². The molecule has 0 atom stereocenters. The van der Waals surface area contributed by atoms with E-state index in [0.717, 1.165) is 23.9 Å². The zero-order chi connectivity index (χ0) is 14.7. The Kier molecular flexibility index (Phi) is 4.20. The highest BCUT2D eigenvalue weighted by atomic mass is 15.1. The van der Waals surface area contributed by atoms with Crippen LogP contribution in [-0.4, -0.2) is 45.1 Å². The van der Waals surface area contributed by atoms with Gasteiger partial charge in [-0.15, -0.1) is 0 Å². The van der Waals surface area contributed by atoms with Crippen molar-refractivity contribution in [3.8, 4) is 5.82 Å². The Morgan fingerprint density at radius 1 is 1.24 bits per heavy atom. The minimum Gasteiger partial charge on any atom is -0.381 e. The number of pyridine rings is 1. The molecule has 0 unspecified atom stereocenters. The predicted molar refractivity (Wildman–Crippen MR) is 84.9 cm³/mol. The van der Waals surface area contributed by atoms with Crippen molar-refractivity contribution < 1.29 is 0 Å². The van der Waals surface area contributed by atoms with E-state index in [1.54, 1.807) is 6.20 Å². The van der Waals surface area contributed by atoms with Crippen molar-refractivity contribution in [3.05, 3.63) is 36.5 Å². The lowest BCUT2D eigenvalue weighted by molar-refractivity contribution is 0.229. The van der Waals surface area contributed by atoms with Crippen LogP contribution in [0, 0.1) is 6.92 Å². The first-order chi connectivity index (χ1) is 10.3. The molecule has 1 saturated heterocycles. The molecule has 0 aromatic carbocycles. The van der Waals surface area contributed by atoms with Crippen LogP contribution in [0.2, 0.25) is 0 Å². The third-order valence-corrected chi connectivity index (χ3v) is 4.23. The molecule has 3 heterocycles. The summed E-state index contributed by atoms with van der Waals surface area (Å²) in [7, 11) is 0. The summed E-state index contributed by atoms with van der Waals surface area (Å²) in [6, 6.07) is 4.71. The number of nitrogens with zero attached hydrogens (tertiary/aromatic N) is 4. The van der Waals surface area contributed by atoms with E-state index >= 15 is 0 Å². The summed E-state index contributed by atoms with van der Waals surface area (Å²) in [5, 5.41) is 3.60. The summed E-state index contributed by atoms with van der Waals surface area (Å²) >= 11 is 0. The lowest BCUT2D eigenvalue weighted by Crippen LogP contribution is -2.38. The van der Waals surface area contributed by atoms with Gasteiger partial charge in [0.15, 0.2) is 0 Å². The Bertz CT molecular complexity index is 567. The van der Waals surface area contributed by atoms with Gasteiger partial charge in [-0.1, -0.05) is 6.92 Å². The van der Waals surface area contributed by atoms with Crippen molar-refractivity contribution >= 4 is 5.69 Å². The Balaban J connectivity index is 1.62. The van der Waals surface area contributed by atoms with Crippen molar-refractivity contribution in [3.63, 3.8) is 0 Å². The highest BCUT2D eigenvalue weighted by Gasteiger charge is 2.17. The van der Waals surface area contributed by atoms with Crippen LogP contribution in [0.5, 0.6) is 0 Å². The molecule has 1 aliphatic heterocycles. The van der Waals surface area contributed by atoms with E-state index in [-0.39, 0.29) is 0 Å². The van der Waals surface area contributed by atoms with Crippen molar-refractivity contribution in [1.82, 2.24) is 19.4 Å². The number of aromatic nitrogens is 3. The zero-order valence-electron chi connectivity index (χ0n) is 12.8. The Morgan fingerprint density at radius 3 is 2.62 bits per heavy atom. The van der Waals surface area contributed by atoms with Crippen LogP contribution >= 0.6 is 0 Å². The fourth-order valence-corrected chi connectivity index (χ4v) is 2.86. The van der Waals surface area contributed by atoms with Gasteiger partial charge in [0.05, 0.1) is 11.9 Å². The van der Waals surface area contributed by atoms with Crippen LogP contribution < -0.4 is 5.32 Å².